The Hall–Kier alpha value is -1.65. The summed E-state index contributed by atoms with van der Waals surface area (Å²) < 4.78 is 0. The van der Waals surface area contributed by atoms with Crippen molar-refractivity contribution in [3.05, 3.63) is 42.0 Å². The molecule has 1 amide bonds. The first-order valence-corrected chi connectivity index (χ1v) is 5.52. The van der Waals surface area contributed by atoms with Crippen molar-refractivity contribution < 1.29 is 15.0 Å². The van der Waals surface area contributed by atoms with Gasteiger partial charge in [0.05, 0.1) is 6.10 Å². The molecule has 0 heterocycles. The van der Waals surface area contributed by atoms with E-state index in [0.717, 1.165) is 5.56 Å². The van der Waals surface area contributed by atoms with Gasteiger partial charge in [0, 0.05) is 19.2 Å². The van der Waals surface area contributed by atoms with Crippen LogP contribution in [0.25, 0.3) is 6.08 Å². The quantitative estimate of drug-likeness (QED) is 0.631. The molecule has 1 aromatic rings. The monoisotopic (exact) mass is 235 g/mol. The van der Waals surface area contributed by atoms with Gasteiger partial charge in [-0.2, -0.15) is 0 Å². The van der Waals surface area contributed by atoms with Crippen LogP contribution in [0.2, 0.25) is 0 Å². The lowest BCUT2D eigenvalue weighted by atomic mass is 10.2. The van der Waals surface area contributed by atoms with Crippen molar-refractivity contribution in [2.24, 2.45) is 0 Å². The van der Waals surface area contributed by atoms with E-state index in [9.17, 15) is 9.90 Å². The maximum Gasteiger partial charge on any atom is 0.244 e. The first-order chi connectivity index (χ1) is 8.22. The minimum atomic E-state index is -0.700. The molecule has 0 aliphatic carbocycles. The van der Waals surface area contributed by atoms with E-state index < -0.39 is 6.10 Å². The molecule has 3 N–H and O–H groups in total. The Balaban J connectivity index is 2.32. The number of aliphatic hydroxyl groups excluding tert-OH is 2. The third-order valence-corrected chi connectivity index (χ3v) is 2.20. The topological polar surface area (TPSA) is 69.6 Å². The lowest BCUT2D eigenvalue weighted by Crippen LogP contribution is -2.31. The number of nitrogens with one attached hydrogen (secondary N) is 1. The van der Waals surface area contributed by atoms with Crippen molar-refractivity contribution in [1.29, 1.82) is 0 Å². The minimum absolute atomic E-state index is 0.0864. The predicted molar refractivity (Wildman–Crippen MR) is 66.2 cm³/mol. The fourth-order valence-corrected chi connectivity index (χ4v) is 1.26. The van der Waals surface area contributed by atoms with Crippen LogP contribution in [0, 0.1) is 0 Å². The van der Waals surface area contributed by atoms with Gasteiger partial charge in [0.1, 0.15) is 0 Å². The molecule has 1 atom stereocenters. The smallest absolute Gasteiger partial charge is 0.244 e. The molecule has 0 fully saturated rings. The summed E-state index contributed by atoms with van der Waals surface area (Å²) >= 11 is 0. The van der Waals surface area contributed by atoms with E-state index in [0.29, 0.717) is 0 Å². The summed E-state index contributed by atoms with van der Waals surface area (Å²) in [5.41, 5.74) is 0.943. The van der Waals surface area contributed by atoms with Crippen molar-refractivity contribution in [1.82, 2.24) is 5.32 Å². The minimum Gasteiger partial charge on any atom is -0.396 e. The summed E-state index contributed by atoms with van der Waals surface area (Å²) in [4.78, 5) is 11.4. The molecule has 92 valence electrons. The largest absolute Gasteiger partial charge is 0.396 e. The average molecular weight is 235 g/mol. The second-order valence-electron chi connectivity index (χ2n) is 3.66. The second-order valence-corrected chi connectivity index (χ2v) is 3.66. The molecule has 0 saturated carbocycles. The Morgan fingerprint density at radius 2 is 2.06 bits per heavy atom. The van der Waals surface area contributed by atoms with Gasteiger partial charge in [-0.3, -0.25) is 4.79 Å². The van der Waals surface area contributed by atoms with E-state index in [-0.39, 0.29) is 25.5 Å². The van der Waals surface area contributed by atoms with Gasteiger partial charge in [0.15, 0.2) is 0 Å². The van der Waals surface area contributed by atoms with Crippen LogP contribution in [0.4, 0.5) is 0 Å². The molecular formula is C13H17NO3. The zero-order valence-electron chi connectivity index (χ0n) is 9.54. The summed E-state index contributed by atoms with van der Waals surface area (Å²) in [6.45, 7) is 0.0649. The van der Waals surface area contributed by atoms with Crippen LogP contribution >= 0.6 is 0 Å². The molecule has 0 unspecified atom stereocenters. The molecule has 1 aromatic carbocycles. The molecule has 1 rings (SSSR count). The molecule has 0 spiro atoms. The average Bonchev–Trinajstić information content (AvgIpc) is 2.35. The Bertz CT molecular complexity index is 362. The van der Waals surface area contributed by atoms with Crippen LogP contribution in [0.3, 0.4) is 0 Å². The van der Waals surface area contributed by atoms with Gasteiger partial charge in [0.2, 0.25) is 5.91 Å². The molecule has 4 heteroatoms. The van der Waals surface area contributed by atoms with Crippen LogP contribution in [0.5, 0.6) is 0 Å². The van der Waals surface area contributed by atoms with Gasteiger partial charge in [-0.1, -0.05) is 30.3 Å². The van der Waals surface area contributed by atoms with E-state index in [1.807, 2.05) is 30.3 Å². The number of amides is 1. The fraction of sp³-hybridized carbons (Fsp3) is 0.308. The van der Waals surface area contributed by atoms with Gasteiger partial charge in [-0.25, -0.2) is 0 Å². The molecule has 0 bridgehead atoms. The first-order valence-electron chi connectivity index (χ1n) is 5.52. The first kappa shape index (κ1) is 13.4. The van der Waals surface area contributed by atoms with Gasteiger partial charge < -0.3 is 15.5 Å². The Morgan fingerprint density at radius 1 is 1.35 bits per heavy atom. The van der Waals surface area contributed by atoms with E-state index in [2.05, 4.69) is 5.32 Å². The van der Waals surface area contributed by atoms with Gasteiger partial charge >= 0.3 is 0 Å². The highest BCUT2D eigenvalue weighted by Crippen LogP contribution is 2.00. The van der Waals surface area contributed by atoms with E-state index in [1.54, 1.807) is 6.08 Å². The van der Waals surface area contributed by atoms with Gasteiger partial charge in [-0.05, 0) is 18.1 Å². The Kier molecular flexibility index (Phi) is 5.99. The molecule has 0 radical (unpaired) electrons. The normalized spacial score (nSPS) is 12.6. The highest BCUT2D eigenvalue weighted by Gasteiger charge is 2.03. The van der Waals surface area contributed by atoms with Crippen LogP contribution < -0.4 is 5.32 Å². The number of hydrogen-bond acceptors (Lipinski definition) is 3. The maximum absolute atomic E-state index is 11.4. The Morgan fingerprint density at radius 3 is 2.71 bits per heavy atom. The van der Waals surface area contributed by atoms with Crippen LogP contribution in [-0.2, 0) is 4.79 Å². The van der Waals surface area contributed by atoms with Gasteiger partial charge in [0.25, 0.3) is 0 Å². The van der Waals surface area contributed by atoms with Crippen molar-refractivity contribution in [2.75, 3.05) is 13.2 Å². The van der Waals surface area contributed by atoms with Crippen molar-refractivity contribution in [3.63, 3.8) is 0 Å². The highest BCUT2D eigenvalue weighted by molar-refractivity contribution is 5.91. The summed E-state index contributed by atoms with van der Waals surface area (Å²) in [5, 5.41) is 20.4. The number of carbonyl (C=O) groups excluding carboxylic acids is 1. The number of aliphatic hydroxyl groups is 2. The predicted octanol–water partition coefficient (Wildman–Crippen LogP) is 0.559. The molecule has 0 aliphatic heterocycles. The fourth-order valence-electron chi connectivity index (χ4n) is 1.26. The molecule has 17 heavy (non-hydrogen) atoms. The number of carbonyl (C=O) groups is 1. The molecular weight excluding hydrogens is 218 g/mol. The van der Waals surface area contributed by atoms with Crippen LogP contribution in [-0.4, -0.2) is 35.4 Å². The third-order valence-electron chi connectivity index (χ3n) is 2.20. The zero-order valence-corrected chi connectivity index (χ0v) is 9.54. The van der Waals surface area contributed by atoms with Crippen molar-refractivity contribution in [3.8, 4) is 0 Å². The maximum atomic E-state index is 11.4. The summed E-state index contributed by atoms with van der Waals surface area (Å²) in [6, 6.07) is 9.47. The molecule has 0 aliphatic rings. The zero-order chi connectivity index (χ0) is 12.5. The van der Waals surface area contributed by atoms with Crippen LogP contribution in [0.1, 0.15) is 12.0 Å². The number of rotatable bonds is 6. The lowest BCUT2D eigenvalue weighted by molar-refractivity contribution is -0.116. The third kappa shape index (κ3) is 5.85. The van der Waals surface area contributed by atoms with Crippen molar-refractivity contribution in [2.45, 2.75) is 12.5 Å². The van der Waals surface area contributed by atoms with E-state index in [1.165, 1.54) is 6.08 Å². The van der Waals surface area contributed by atoms with Crippen molar-refractivity contribution >= 4 is 12.0 Å². The van der Waals surface area contributed by atoms with Gasteiger partial charge in [-0.15, -0.1) is 0 Å². The summed E-state index contributed by atoms with van der Waals surface area (Å²) in [7, 11) is 0. The highest BCUT2D eigenvalue weighted by atomic mass is 16.3. The summed E-state index contributed by atoms with van der Waals surface area (Å²) in [5.74, 6) is -0.258. The van der Waals surface area contributed by atoms with Crippen LogP contribution in [0.15, 0.2) is 36.4 Å². The lowest BCUT2D eigenvalue weighted by Gasteiger charge is -2.08. The molecule has 0 saturated heterocycles. The standard InChI is InChI=1S/C13H17NO3/c15-9-8-12(16)10-14-13(17)7-6-11-4-2-1-3-5-11/h1-7,12,15-16H,8-10H2,(H,14,17)/b7-6+/t12-/m0/s1. The van der Waals surface area contributed by atoms with E-state index in [4.69, 9.17) is 5.11 Å². The number of hydrogen-bond donors (Lipinski definition) is 3. The SMILES string of the molecule is O=C(/C=C/c1ccccc1)NC[C@@H](O)CCO. The van der Waals surface area contributed by atoms with E-state index >= 15 is 0 Å². The Labute approximate surface area is 101 Å². The number of benzene rings is 1. The summed E-state index contributed by atoms with van der Waals surface area (Å²) in [6.07, 6.45) is 2.69. The molecule has 4 nitrogen and oxygen atoms in total. The second kappa shape index (κ2) is 7.60. The molecule has 0 aromatic heterocycles.